The molecule has 2 atom stereocenters. The first-order valence-corrected chi connectivity index (χ1v) is 13.7. The van der Waals surface area contributed by atoms with E-state index >= 15 is 0 Å². The number of aliphatic carboxylic acids is 3. The third-order valence-corrected chi connectivity index (χ3v) is 6.56. The maximum absolute atomic E-state index is 14.9. The first kappa shape index (κ1) is 35.5. The van der Waals surface area contributed by atoms with Crippen LogP contribution in [0.25, 0.3) is 11.4 Å². The van der Waals surface area contributed by atoms with E-state index in [0.29, 0.717) is 11.1 Å². The van der Waals surface area contributed by atoms with Crippen molar-refractivity contribution < 1.29 is 52.9 Å². The van der Waals surface area contributed by atoms with Crippen LogP contribution in [0.4, 0.5) is 14.5 Å². The second kappa shape index (κ2) is 15.3. The first-order chi connectivity index (χ1) is 22.1. The number of carbonyl (C=O) groups excluding carboxylic acids is 3. The Labute approximate surface area is 264 Å². The zero-order valence-electron chi connectivity index (χ0n) is 24.6. The van der Waals surface area contributed by atoms with E-state index in [4.69, 9.17) is 10.2 Å². The molecule has 0 saturated carbocycles. The molecule has 0 aliphatic heterocycles. The standard InChI is InChI=1S/C30H29F2N5O10/c1-16-6-5-9-18(10-16)26-33-13-21(35-20(28(45)46)12-23(39)40)27(44)37(26)15-22(38)36-19(11-17-7-3-2-4-8-17)25(43)30(31,32)29(47)34-14-24(41)42/h2-10,13,19-20,35H,11-12,14-15H2,1H3,(H,34,47)(H,36,38)(H,39,40)(H,41,42)(H,45,46). The predicted molar refractivity (Wildman–Crippen MR) is 159 cm³/mol. The minimum absolute atomic E-state index is 0.117. The molecule has 0 spiro atoms. The number of amides is 2. The molecule has 248 valence electrons. The van der Waals surface area contributed by atoms with Crippen LogP contribution in [-0.2, 0) is 41.7 Å². The molecule has 17 heteroatoms. The number of halogens is 2. The third-order valence-electron chi connectivity index (χ3n) is 6.56. The number of rotatable bonds is 16. The van der Waals surface area contributed by atoms with Crippen LogP contribution in [0, 0.1) is 6.92 Å². The highest BCUT2D eigenvalue weighted by Gasteiger charge is 2.50. The van der Waals surface area contributed by atoms with Crippen LogP contribution in [0.5, 0.6) is 0 Å². The minimum atomic E-state index is -4.77. The fraction of sp³-hybridized carbons (Fsp3) is 0.267. The Morgan fingerprint density at radius 2 is 1.62 bits per heavy atom. The van der Waals surface area contributed by atoms with Gasteiger partial charge in [-0.05, 0) is 18.6 Å². The van der Waals surface area contributed by atoms with Gasteiger partial charge in [0.05, 0.1) is 18.7 Å². The summed E-state index contributed by atoms with van der Waals surface area (Å²) < 4.78 is 30.7. The molecule has 15 nitrogen and oxygen atoms in total. The van der Waals surface area contributed by atoms with Crippen molar-refractivity contribution >= 4 is 41.2 Å². The number of carbonyl (C=O) groups is 6. The van der Waals surface area contributed by atoms with Gasteiger partial charge in [0, 0.05) is 12.0 Å². The molecular weight excluding hydrogens is 628 g/mol. The summed E-state index contributed by atoms with van der Waals surface area (Å²) in [6.07, 6.45) is -0.501. The number of hydrogen-bond acceptors (Lipinski definition) is 9. The summed E-state index contributed by atoms with van der Waals surface area (Å²) in [7, 11) is 0. The van der Waals surface area contributed by atoms with Gasteiger partial charge in [-0.15, -0.1) is 0 Å². The zero-order valence-corrected chi connectivity index (χ0v) is 24.6. The summed E-state index contributed by atoms with van der Waals surface area (Å²) in [4.78, 5) is 89.6. The second-order valence-electron chi connectivity index (χ2n) is 10.2. The molecule has 2 aromatic carbocycles. The van der Waals surface area contributed by atoms with Crippen molar-refractivity contribution in [3.8, 4) is 11.4 Å². The average molecular weight is 658 g/mol. The van der Waals surface area contributed by atoms with Gasteiger partial charge in [0.1, 0.15) is 30.6 Å². The maximum Gasteiger partial charge on any atom is 0.383 e. The van der Waals surface area contributed by atoms with Gasteiger partial charge in [-0.25, -0.2) is 9.78 Å². The minimum Gasteiger partial charge on any atom is -0.481 e. The lowest BCUT2D eigenvalue weighted by Crippen LogP contribution is -2.56. The zero-order chi connectivity index (χ0) is 34.9. The normalized spacial score (nSPS) is 12.3. The van der Waals surface area contributed by atoms with Gasteiger partial charge < -0.3 is 31.3 Å². The topological polar surface area (TPSA) is 234 Å². The molecule has 1 aromatic heterocycles. The smallest absolute Gasteiger partial charge is 0.383 e. The number of carboxylic acid groups (broad SMARTS) is 3. The Morgan fingerprint density at radius 3 is 2.21 bits per heavy atom. The van der Waals surface area contributed by atoms with Gasteiger partial charge in [-0.2, -0.15) is 8.78 Å². The Kier molecular flexibility index (Phi) is 11.6. The van der Waals surface area contributed by atoms with Crippen molar-refractivity contribution in [2.75, 3.05) is 11.9 Å². The average Bonchev–Trinajstić information content (AvgIpc) is 3.00. The molecule has 3 rings (SSSR count). The van der Waals surface area contributed by atoms with E-state index in [-0.39, 0.29) is 5.82 Å². The van der Waals surface area contributed by atoms with E-state index in [1.165, 1.54) is 29.6 Å². The number of anilines is 1. The molecule has 1 heterocycles. The molecule has 2 unspecified atom stereocenters. The lowest BCUT2D eigenvalue weighted by Gasteiger charge is -2.23. The summed E-state index contributed by atoms with van der Waals surface area (Å²) in [5, 5.41) is 33.0. The van der Waals surface area contributed by atoms with Gasteiger partial charge in [-0.1, -0.05) is 54.1 Å². The highest BCUT2D eigenvalue weighted by Crippen LogP contribution is 2.21. The quantitative estimate of drug-likeness (QED) is 0.117. The molecule has 3 aromatic rings. The van der Waals surface area contributed by atoms with Gasteiger partial charge in [0.25, 0.3) is 11.5 Å². The van der Waals surface area contributed by atoms with Crippen LogP contribution < -0.4 is 21.5 Å². The summed E-state index contributed by atoms with van der Waals surface area (Å²) in [6.45, 7) is -0.421. The predicted octanol–water partition coefficient (Wildman–Crippen LogP) is 0.691. The molecule has 2 amide bonds. The van der Waals surface area contributed by atoms with Crippen molar-refractivity contribution in [1.29, 1.82) is 0 Å². The number of ketones is 1. The van der Waals surface area contributed by atoms with Crippen molar-refractivity contribution in [3.63, 3.8) is 0 Å². The Balaban J connectivity index is 2.02. The van der Waals surface area contributed by atoms with E-state index in [2.05, 4.69) is 15.6 Å². The number of aryl methyl sites for hydroxylation is 1. The molecule has 0 fully saturated rings. The van der Waals surface area contributed by atoms with Crippen LogP contribution in [0.15, 0.2) is 65.6 Å². The SMILES string of the molecule is Cc1cccc(-c2ncc(NC(CC(=O)O)C(=O)O)c(=O)n2CC(=O)NC(Cc2ccccc2)C(=O)C(F)(F)C(=O)NCC(=O)O)c1. The second-order valence-corrected chi connectivity index (χ2v) is 10.2. The maximum atomic E-state index is 14.9. The van der Waals surface area contributed by atoms with E-state index in [1.54, 1.807) is 37.3 Å². The number of nitrogens with one attached hydrogen (secondary N) is 3. The Morgan fingerprint density at radius 1 is 0.936 bits per heavy atom. The van der Waals surface area contributed by atoms with Gasteiger partial charge >= 0.3 is 23.8 Å². The molecule has 0 aliphatic carbocycles. The number of hydrogen-bond donors (Lipinski definition) is 6. The highest BCUT2D eigenvalue weighted by atomic mass is 19.3. The number of alkyl halides is 2. The monoisotopic (exact) mass is 657 g/mol. The van der Waals surface area contributed by atoms with Gasteiger partial charge in [0.2, 0.25) is 11.7 Å². The van der Waals surface area contributed by atoms with Gasteiger partial charge in [-0.3, -0.25) is 33.3 Å². The van der Waals surface area contributed by atoms with E-state index in [0.717, 1.165) is 16.3 Å². The summed E-state index contributed by atoms with van der Waals surface area (Å²) in [5.41, 5.74) is -0.190. The summed E-state index contributed by atoms with van der Waals surface area (Å²) >= 11 is 0. The lowest BCUT2D eigenvalue weighted by molar-refractivity contribution is -0.161. The Hall–Kier alpha value is -6.00. The number of carboxylic acids is 3. The molecule has 6 N–H and O–H groups in total. The largest absolute Gasteiger partial charge is 0.481 e. The van der Waals surface area contributed by atoms with E-state index in [1.807, 2.05) is 0 Å². The van der Waals surface area contributed by atoms with Crippen molar-refractivity contribution in [2.45, 2.75) is 44.3 Å². The molecule has 0 radical (unpaired) electrons. The molecule has 47 heavy (non-hydrogen) atoms. The molecular formula is C30H29F2N5O10. The molecule has 0 aliphatic rings. The fourth-order valence-corrected chi connectivity index (χ4v) is 4.36. The molecule has 0 saturated heterocycles. The van der Waals surface area contributed by atoms with Crippen molar-refractivity contribution in [2.24, 2.45) is 0 Å². The van der Waals surface area contributed by atoms with Crippen LogP contribution in [0.1, 0.15) is 17.5 Å². The fourth-order valence-electron chi connectivity index (χ4n) is 4.36. The van der Waals surface area contributed by atoms with Crippen LogP contribution in [0.3, 0.4) is 0 Å². The van der Waals surface area contributed by atoms with Crippen LogP contribution in [-0.4, -0.2) is 84.9 Å². The lowest BCUT2D eigenvalue weighted by atomic mass is 9.98. The summed E-state index contributed by atoms with van der Waals surface area (Å²) in [5.74, 6) is -15.1. The van der Waals surface area contributed by atoms with Gasteiger partial charge in [0.15, 0.2) is 0 Å². The first-order valence-electron chi connectivity index (χ1n) is 13.7. The van der Waals surface area contributed by atoms with Crippen LogP contribution in [0.2, 0.25) is 0 Å². The van der Waals surface area contributed by atoms with E-state index < -0.39 is 90.7 Å². The number of nitrogens with zero attached hydrogens (tertiary/aromatic N) is 2. The third kappa shape index (κ3) is 9.49. The van der Waals surface area contributed by atoms with Crippen LogP contribution >= 0.6 is 0 Å². The number of Topliss-reactive ketones (excluding diaryl/α,β-unsaturated/α-hetero) is 1. The highest BCUT2D eigenvalue weighted by molar-refractivity contribution is 6.11. The summed E-state index contributed by atoms with van der Waals surface area (Å²) in [6, 6.07) is 10.3. The van der Waals surface area contributed by atoms with Crippen molar-refractivity contribution in [1.82, 2.24) is 20.2 Å². The van der Waals surface area contributed by atoms with Crippen molar-refractivity contribution in [3.05, 3.63) is 82.3 Å². The molecule has 0 bridgehead atoms. The number of aromatic nitrogens is 2. The Bertz CT molecular complexity index is 1750. The number of benzene rings is 2. The van der Waals surface area contributed by atoms with E-state index in [9.17, 15) is 47.4 Å².